The number of hydrogen-bond donors (Lipinski definition) is 2. The minimum Gasteiger partial charge on any atom is -0.497 e. The van der Waals surface area contributed by atoms with Crippen molar-refractivity contribution >= 4 is 16.8 Å². The molecule has 1 fully saturated rings. The first-order valence-electron chi connectivity index (χ1n) is 12.3. The van der Waals surface area contributed by atoms with Gasteiger partial charge in [0.15, 0.2) is 0 Å². The maximum Gasteiger partial charge on any atom is 0.251 e. The van der Waals surface area contributed by atoms with Gasteiger partial charge in [-0.3, -0.25) is 9.59 Å². The highest BCUT2D eigenvalue weighted by molar-refractivity contribution is 6.06. The highest BCUT2D eigenvalue weighted by Crippen LogP contribution is 2.23. The number of hydrogen-bond acceptors (Lipinski definition) is 5. The predicted octanol–water partition coefficient (Wildman–Crippen LogP) is 3.24. The topological polar surface area (TPSA) is 75.6 Å². The van der Waals surface area contributed by atoms with Crippen molar-refractivity contribution < 1.29 is 9.53 Å². The zero-order valence-electron chi connectivity index (χ0n) is 21.2. The van der Waals surface area contributed by atoms with E-state index in [0.29, 0.717) is 23.9 Å². The molecule has 1 aromatic heterocycles. The summed E-state index contributed by atoms with van der Waals surface area (Å²) in [4.78, 5) is 27.7. The summed E-state index contributed by atoms with van der Waals surface area (Å²) in [6, 6.07) is 14.1. The van der Waals surface area contributed by atoms with Crippen LogP contribution in [-0.4, -0.2) is 55.2 Å². The number of nitrogens with zero attached hydrogens (tertiary/aromatic N) is 2. The Morgan fingerprint density at radius 3 is 2.49 bits per heavy atom. The van der Waals surface area contributed by atoms with Crippen molar-refractivity contribution in [3.8, 4) is 5.75 Å². The number of aromatic nitrogens is 1. The van der Waals surface area contributed by atoms with Crippen LogP contribution < -0.4 is 20.9 Å². The van der Waals surface area contributed by atoms with E-state index in [0.717, 1.165) is 49.9 Å². The van der Waals surface area contributed by atoms with Crippen LogP contribution in [0.25, 0.3) is 10.9 Å². The molecule has 0 spiro atoms. The van der Waals surface area contributed by atoms with Gasteiger partial charge in [-0.25, -0.2) is 0 Å². The lowest BCUT2D eigenvalue weighted by Gasteiger charge is -2.32. The fourth-order valence-electron chi connectivity index (χ4n) is 4.82. The van der Waals surface area contributed by atoms with Gasteiger partial charge in [0.05, 0.1) is 18.2 Å². The number of rotatable bonds is 8. The van der Waals surface area contributed by atoms with E-state index in [1.807, 2.05) is 18.2 Å². The third-order valence-corrected chi connectivity index (χ3v) is 7.18. The van der Waals surface area contributed by atoms with Gasteiger partial charge in [-0.2, -0.15) is 0 Å². The largest absolute Gasteiger partial charge is 0.497 e. The molecule has 4 rings (SSSR count). The third-order valence-electron chi connectivity index (χ3n) is 7.18. The van der Waals surface area contributed by atoms with E-state index >= 15 is 0 Å². The van der Waals surface area contributed by atoms with E-state index in [2.05, 4.69) is 47.6 Å². The van der Waals surface area contributed by atoms with Gasteiger partial charge < -0.3 is 24.8 Å². The van der Waals surface area contributed by atoms with Crippen LogP contribution in [0.15, 0.2) is 47.3 Å². The second-order valence-corrected chi connectivity index (χ2v) is 9.43. The number of nitrogens with one attached hydrogen (secondary N) is 2. The van der Waals surface area contributed by atoms with Crippen molar-refractivity contribution in [2.75, 3.05) is 33.8 Å². The molecule has 0 radical (unpaired) electrons. The molecule has 0 atom stereocenters. The SMILES string of the molecule is CNC(=O)c1cc(=O)n(CCN2CCC(NCc3ccc(C)c(C)c3)CC2)c2cc(OC)ccc12. The van der Waals surface area contributed by atoms with Gasteiger partial charge in [0.25, 0.3) is 11.5 Å². The molecule has 1 aliphatic heterocycles. The lowest BCUT2D eigenvalue weighted by Crippen LogP contribution is -2.43. The monoisotopic (exact) mass is 476 g/mol. The zero-order chi connectivity index (χ0) is 24.9. The summed E-state index contributed by atoms with van der Waals surface area (Å²) in [6.07, 6.45) is 2.17. The molecule has 1 amide bonds. The van der Waals surface area contributed by atoms with Gasteiger partial charge in [0.2, 0.25) is 0 Å². The molecule has 2 N–H and O–H groups in total. The maximum atomic E-state index is 13.0. The normalized spacial score (nSPS) is 14.9. The fraction of sp³-hybridized carbons (Fsp3) is 0.429. The maximum absolute atomic E-state index is 13.0. The molecule has 0 unspecified atom stereocenters. The summed E-state index contributed by atoms with van der Waals surface area (Å²) in [5.74, 6) is 0.398. The van der Waals surface area contributed by atoms with E-state index < -0.39 is 0 Å². The molecule has 2 heterocycles. The number of methoxy groups -OCH3 is 1. The van der Waals surface area contributed by atoms with Crippen molar-refractivity contribution in [1.29, 1.82) is 0 Å². The van der Waals surface area contributed by atoms with Gasteiger partial charge >= 0.3 is 0 Å². The Morgan fingerprint density at radius 2 is 1.80 bits per heavy atom. The van der Waals surface area contributed by atoms with Crippen LogP contribution in [-0.2, 0) is 13.1 Å². The number of carbonyl (C=O) groups excluding carboxylic acids is 1. The first-order valence-corrected chi connectivity index (χ1v) is 12.3. The van der Waals surface area contributed by atoms with Crippen molar-refractivity contribution in [3.63, 3.8) is 0 Å². The molecule has 1 aliphatic rings. The fourth-order valence-corrected chi connectivity index (χ4v) is 4.82. The van der Waals surface area contributed by atoms with Gasteiger partial charge in [-0.05, 0) is 68.6 Å². The van der Waals surface area contributed by atoms with E-state index in [1.165, 1.54) is 22.8 Å². The highest BCUT2D eigenvalue weighted by atomic mass is 16.5. The van der Waals surface area contributed by atoms with Crippen LogP contribution >= 0.6 is 0 Å². The Hall–Kier alpha value is -3.16. The Kier molecular flexibility index (Phi) is 7.88. The average Bonchev–Trinajstić information content (AvgIpc) is 2.88. The van der Waals surface area contributed by atoms with Crippen molar-refractivity contribution in [3.05, 3.63) is 75.1 Å². The summed E-state index contributed by atoms with van der Waals surface area (Å²) in [5, 5.41) is 7.09. The van der Waals surface area contributed by atoms with E-state index in [4.69, 9.17) is 4.74 Å². The second kappa shape index (κ2) is 11.1. The lowest BCUT2D eigenvalue weighted by atomic mass is 10.0. The molecule has 0 aliphatic carbocycles. The number of pyridine rings is 1. The minimum absolute atomic E-state index is 0.172. The molecule has 186 valence electrons. The highest BCUT2D eigenvalue weighted by Gasteiger charge is 2.20. The van der Waals surface area contributed by atoms with Crippen LogP contribution in [0.2, 0.25) is 0 Å². The molecule has 35 heavy (non-hydrogen) atoms. The number of fused-ring (bicyclic) bond motifs is 1. The van der Waals surface area contributed by atoms with Crippen LogP contribution in [0.5, 0.6) is 5.75 Å². The molecule has 3 aromatic rings. The Bertz CT molecular complexity index is 1260. The standard InChI is InChI=1S/C28H36N4O3/c1-19-5-6-21(15-20(19)2)18-30-22-9-11-31(12-10-22)13-14-32-26-16-23(35-4)7-8-24(26)25(17-27(32)33)28(34)29-3/h5-8,15-17,22,30H,9-14,18H2,1-4H3,(H,29,34). The number of benzene rings is 2. The van der Waals surface area contributed by atoms with Crippen molar-refractivity contribution in [1.82, 2.24) is 20.1 Å². The molecule has 2 aromatic carbocycles. The molecule has 0 bridgehead atoms. The second-order valence-electron chi connectivity index (χ2n) is 9.43. The first-order chi connectivity index (χ1) is 16.9. The number of carbonyl (C=O) groups is 1. The predicted molar refractivity (Wildman–Crippen MR) is 140 cm³/mol. The summed E-state index contributed by atoms with van der Waals surface area (Å²) in [6.45, 7) is 8.55. The van der Waals surface area contributed by atoms with Gasteiger partial charge in [0, 0.05) is 50.2 Å². The smallest absolute Gasteiger partial charge is 0.251 e. The van der Waals surface area contributed by atoms with Crippen molar-refractivity contribution in [2.45, 2.75) is 45.8 Å². The van der Waals surface area contributed by atoms with Crippen LogP contribution in [0.3, 0.4) is 0 Å². The molecular weight excluding hydrogens is 440 g/mol. The lowest BCUT2D eigenvalue weighted by molar-refractivity contribution is 0.0964. The first kappa shape index (κ1) is 24.9. The number of amides is 1. The Labute approximate surface area is 207 Å². The molecular formula is C28H36N4O3. The Balaban J connectivity index is 1.39. The number of aryl methyl sites for hydroxylation is 2. The van der Waals surface area contributed by atoms with Crippen LogP contribution in [0.1, 0.15) is 39.9 Å². The minimum atomic E-state index is -0.264. The third kappa shape index (κ3) is 5.74. The van der Waals surface area contributed by atoms with Gasteiger partial charge in [-0.15, -0.1) is 0 Å². The van der Waals surface area contributed by atoms with E-state index in [-0.39, 0.29) is 11.5 Å². The van der Waals surface area contributed by atoms with E-state index in [1.54, 1.807) is 18.7 Å². The molecule has 0 saturated carbocycles. The number of likely N-dealkylation sites (tertiary alicyclic amines) is 1. The van der Waals surface area contributed by atoms with Gasteiger partial charge in [0.1, 0.15) is 5.75 Å². The van der Waals surface area contributed by atoms with Gasteiger partial charge in [-0.1, -0.05) is 18.2 Å². The number of piperidine rings is 1. The molecule has 7 nitrogen and oxygen atoms in total. The summed E-state index contributed by atoms with van der Waals surface area (Å²) < 4.78 is 7.14. The quantitative estimate of drug-likeness (QED) is 0.522. The average molecular weight is 477 g/mol. The molecule has 7 heteroatoms. The zero-order valence-corrected chi connectivity index (χ0v) is 21.2. The summed E-state index contributed by atoms with van der Waals surface area (Å²) in [7, 11) is 3.17. The summed E-state index contributed by atoms with van der Waals surface area (Å²) in [5.41, 5.74) is 4.94. The Morgan fingerprint density at radius 1 is 1.03 bits per heavy atom. The molecule has 1 saturated heterocycles. The van der Waals surface area contributed by atoms with Crippen molar-refractivity contribution in [2.24, 2.45) is 0 Å². The van der Waals surface area contributed by atoms with Crippen LogP contribution in [0, 0.1) is 13.8 Å². The summed E-state index contributed by atoms with van der Waals surface area (Å²) >= 11 is 0. The number of ether oxygens (including phenoxy) is 1. The van der Waals surface area contributed by atoms with Crippen LogP contribution in [0.4, 0.5) is 0 Å². The van der Waals surface area contributed by atoms with E-state index in [9.17, 15) is 9.59 Å².